The SMILES string of the molecule is CC(C)(C)c1nnc(COc2cccc(S(C)(=O)=O)c2)o1. The highest BCUT2D eigenvalue weighted by atomic mass is 32.2. The molecule has 0 radical (unpaired) electrons. The molecule has 0 fully saturated rings. The summed E-state index contributed by atoms with van der Waals surface area (Å²) < 4.78 is 33.9. The molecule has 0 bridgehead atoms. The van der Waals surface area contributed by atoms with E-state index in [1.54, 1.807) is 12.1 Å². The molecule has 21 heavy (non-hydrogen) atoms. The average molecular weight is 310 g/mol. The van der Waals surface area contributed by atoms with E-state index in [9.17, 15) is 8.42 Å². The van der Waals surface area contributed by atoms with Gasteiger partial charge in [0.1, 0.15) is 5.75 Å². The molecule has 1 aromatic heterocycles. The van der Waals surface area contributed by atoms with Gasteiger partial charge in [-0.05, 0) is 18.2 Å². The van der Waals surface area contributed by atoms with Gasteiger partial charge in [-0.1, -0.05) is 26.8 Å². The maximum atomic E-state index is 11.5. The topological polar surface area (TPSA) is 82.3 Å². The smallest absolute Gasteiger partial charge is 0.253 e. The van der Waals surface area contributed by atoms with Gasteiger partial charge in [-0.25, -0.2) is 8.42 Å². The van der Waals surface area contributed by atoms with Crippen LogP contribution in [0.2, 0.25) is 0 Å². The number of ether oxygens (including phenoxy) is 1. The summed E-state index contributed by atoms with van der Waals surface area (Å²) in [5, 5.41) is 7.87. The van der Waals surface area contributed by atoms with E-state index in [1.807, 2.05) is 20.8 Å². The van der Waals surface area contributed by atoms with Gasteiger partial charge in [0.05, 0.1) is 4.90 Å². The van der Waals surface area contributed by atoms with Crippen LogP contribution in [0.25, 0.3) is 0 Å². The first-order valence-corrected chi connectivity index (χ1v) is 8.31. The minimum Gasteiger partial charge on any atom is -0.484 e. The lowest BCUT2D eigenvalue weighted by Crippen LogP contribution is -2.11. The largest absolute Gasteiger partial charge is 0.484 e. The highest BCUT2D eigenvalue weighted by Gasteiger charge is 2.21. The molecule has 0 unspecified atom stereocenters. The number of benzene rings is 1. The molecule has 7 heteroatoms. The molecule has 0 amide bonds. The van der Waals surface area contributed by atoms with Crippen molar-refractivity contribution < 1.29 is 17.6 Å². The van der Waals surface area contributed by atoms with Crippen LogP contribution in [0.15, 0.2) is 33.6 Å². The third-order valence-corrected chi connectivity index (χ3v) is 3.81. The van der Waals surface area contributed by atoms with Crippen molar-refractivity contribution in [2.75, 3.05) is 6.26 Å². The molecule has 2 rings (SSSR count). The van der Waals surface area contributed by atoms with Crippen molar-refractivity contribution in [3.63, 3.8) is 0 Å². The molecule has 2 aromatic rings. The Labute approximate surface area is 124 Å². The fourth-order valence-electron chi connectivity index (χ4n) is 1.55. The van der Waals surface area contributed by atoms with Crippen LogP contribution in [0.1, 0.15) is 32.6 Å². The number of nitrogens with zero attached hydrogens (tertiary/aromatic N) is 2. The first kappa shape index (κ1) is 15.5. The van der Waals surface area contributed by atoms with Crippen molar-refractivity contribution >= 4 is 9.84 Å². The molecule has 0 saturated heterocycles. The summed E-state index contributed by atoms with van der Waals surface area (Å²) in [7, 11) is -3.25. The molecule has 0 aliphatic heterocycles. The molecule has 114 valence electrons. The van der Waals surface area contributed by atoms with Crippen LogP contribution in [-0.4, -0.2) is 24.9 Å². The Morgan fingerprint density at radius 3 is 2.52 bits per heavy atom. The minimum atomic E-state index is -3.25. The minimum absolute atomic E-state index is 0.0935. The third-order valence-electron chi connectivity index (χ3n) is 2.70. The zero-order chi connectivity index (χ0) is 15.7. The molecule has 0 atom stereocenters. The van der Waals surface area contributed by atoms with Crippen LogP contribution in [0.4, 0.5) is 0 Å². The predicted molar refractivity (Wildman–Crippen MR) is 76.9 cm³/mol. The van der Waals surface area contributed by atoms with E-state index in [-0.39, 0.29) is 16.9 Å². The number of sulfone groups is 1. The van der Waals surface area contributed by atoms with E-state index in [1.165, 1.54) is 12.1 Å². The lowest BCUT2D eigenvalue weighted by molar-refractivity contribution is 0.251. The van der Waals surface area contributed by atoms with Gasteiger partial charge in [0, 0.05) is 11.7 Å². The van der Waals surface area contributed by atoms with Gasteiger partial charge in [0.15, 0.2) is 16.4 Å². The molecule has 0 aliphatic carbocycles. The van der Waals surface area contributed by atoms with Gasteiger partial charge >= 0.3 is 0 Å². The van der Waals surface area contributed by atoms with E-state index in [0.717, 1.165) is 6.26 Å². The van der Waals surface area contributed by atoms with Crippen molar-refractivity contribution in [1.82, 2.24) is 10.2 Å². The summed E-state index contributed by atoms with van der Waals surface area (Å²) in [6, 6.07) is 6.29. The zero-order valence-electron chi connectivity index (χ0n) is 12.5. The van der Waals surface area contributed by atoms with Gasteiger partial charge < -0.3 is 9.15 Å². The molecule has 0 spiro atoms. The van der Waals surface area contributed by atoms with Crippen molar-refractivity contribution in [3.8, 4) is 5.75 Å². The van der Waals surface area contributed by atoms with Crippen LogP contribution in [-0.2, 0) is 21.9 Å². The summed E-state index contributed by atoms with van der Waals surface area (Å²) >= 11 is 0. The Kier molecular flexibility index (Phi) is 4.04. The number of aromatic nitrogens is 2. The quantitative estimate of drug-likeness (QED) is 0.862. The van der Waals surface area contributed by atoms with Crippen LogP contribution < -0.4 is 4.74 Å². The van der Waals surface area contributed by atoms with E-state index < -0.39 is 9.84 Å². The first-order valence-electron chi connectivity index (χ1n) is 6.42. The summed E-state index contributed by atoms with van der Waals surface area (Å²) in [5.41, 5.74) is -0.221. The van der Waals surface area contributed by atoms with Crippen LogP contribution in [0, 0.1) is 0 Å². The standard InChI is InChI=1S/C14H18N2O4S/c1-14(2,3)13-16-15-12(20-13)9-19-10-6-5-7-11(8-10)21(4,17)18/h5-8H,9H2,1-4H3. The lowest BCUT2D eigenvalue weighted by Gasteiger charge is -2.11. The molecule has 1 heterocycles. The number of rotatable bonds is 4. The Hall–Kier alpha value is -1.89. The maximum absolute atomic E-state index is 11.5. The predicted octanol–water partition coefficient (Wildman–Crippen LogP) is 2.35. The van der Waals surface area contributed by atoms with Gasteiger partial charge in [-0.15, -0.1) is 10.2 Å². The highest BCUT2D eigenvalue weighted by molar-refractivity contribution is 7.90. The van der Waals surface area contributed by atoms with Crippen LogP contribution in [0.5, 0.6) is 5.75 Å². The Bertz CT molecular complexity index is 729. The van der Waals surface area contributed by atoms with E-state index in [0.29, 0.717) is 17.5 Å². The summed E-state index contributed by atoms with van der Waals surface area (Å²) in [5.74, 6) is 1.32. The van der Waals surface area contributed by atoms with E-state index >= 15 is 0 Å². The molecule has 1 aromatic carbocycles. The van der Waals surface area contributed by atoms with Crippen LogP contribution in [0.3, 0.4) is 0 Å². The normalized spacial score (nSPS) is 12.4. The van der Waals surface area contributed by atoms with Gasteiger partial charge in [-0.2, -0.15) is 0 Å². The van der Waals surface area contributed by atoms with Crippen LogP contribution >= 0.6 is 0 Å². The first-order chi connectivity index (χ1) is 9.66. The average Bonchev–Trinajstić information content (AvgIpc) is 2.84. The molecular formula is C14H18N2O4S. The van der Waals surface area contributed by atoms with Crippen molar-refractivity contribution in [3.05, 3.63) is 36.0 Å². The lowest BCUT2D eigenvalue weighted by atomic mass is 9.97. The van der Waals surface area contributed by atoms with E-state index in [2.05, 4.69) is 10.2 Å². The number of hydrogen-bond acceptors (Lipinski definition) is 6. The van der Waals surface area contributed by atoms with E-state index in [4.69, 9.17) is 9.15 Å². The van der Waals surface area contributed by atoms with Crippen molar-refractivity contribution in [2.45, 2.75) is 37.7 Å². The van der Waals surface area contributed by atoms with Crippen molar-refractivity contribution in [1.29, 1.82) is 0 Å². The highest BCUT2D eigenvalue weighted by Crippen LogP contribution is 2.22. The van der Waals surface area contributed by atoms with Crippen molar-refractivity contribution in [2.24, 2.45) is 0 Å². The second-order valence-electron chi connectivity index (χ2n) is 5.79. The van der Waals surface area contributed by atoms with Gasteiger partial charge in [0.2, 0.25) is 5.89 Å². The second kappa shape index (κ2) is 5.48. The Morgan fingerprint density at radius 2 is 1.95 bits per heavy atom. The number of hydrogen-bond donors (Lipinski definition) is 0. The van der Waals surface area contributed by atoms with Gasteiger partial charge in [-0.3, -0.25) is 0 Å². The molecule has 0 N–H and O–H groups in total. The molecule has 6 nitrogen and oxygen atoms in total. The summed E-state index contributed by atoms with van der Waals surface area (Å²) in [6.07, 6.45) is 1.15. The monoisotopic (exact) mass is 310 g/mol. The zero-order valence-corrected chi connectivity index (χ0v) is 13.3. The summed E-state index contributed by atoms with van der Waals surface area (Å²) in [6.45, 7) is 6.01. The third kappa shape index (κ3) is 4.04. The molecule has 0 aliphatic rings. The molecular weight excluding hydrogens is 292 g/mol. The Balaban J connectivity index is 2.09. The second-order valence-corrected chi connectivity index (χ2v) is 7.80. The fourth-order valence-corrected chi connectivity index (χ4v) is 2.21. The fraction of sp³-hybridized carbons (Fsp3) is 0.429. The molecule has 0 saturated carbocycles. The Morgan fingerprint density at radius 1 is 1.24 bits per heavy atom. The summed E-state index contributed by atoms with van der Waals surface area (Å²) in [4.78, 5) is 0.209. The maximum Gasteiger partial charge on any atom is 0.253 e. The van der Waals surface area contributed by atoms with Gasteiger partial charge in [0.25, 0.3) is 5.89 Å².